The van der Waals surface area contributed by atoms with Crippen molar-refractivity contribution < 1.29 is 18.4 Å². The molecule has 1 aromatic carbocycles. The second kappa shape index (κ2) is 5.11. The van der Waals surface area contributed by atoms with Crippen molar-refractivity contribution in [1.82, 2.24) is 9.97 Å². The van der Waals surface area contributed by atoms with E-state index in [1.54, 1.807) is 0 Å². The molecule has 0 unspecified atom stereocenters. The maximum absolute atomic E-state index is 13.0. The van der Waals surface area contributed by atoms with Gasteiger partial charge in [0.05, 0.1) is 4.92 Å². The van der Waals surface area contributed by atoms with Crippen LogP contribution >= 0.6 is 11.6 Å². The molecule has 0 saturated heterocycles. The quantitative estimate of drug-likeness (QED) is 0.492. The van der Waals surface area contributed by atoms with Crippen molar-refractivity contribution in [3.8, 4) is 11.6 Å². The maximum Gasteiger partial charge on any atom is 0.349 e. The minimum Gasteiger partial charge on any atom is -0.433 e. The normalized spacial score (nSPS) is 10.3. The number of benzene rings is 1. The van der Waals surface area contributed by atoms with Crippen LogP contribution in [0.25, 0.3) is 0 Å². The molecule has 0 aliphatic carbocycles. The van der Waals surface area contributed by atoms with Crippen LogP contribution in [-0.2, 0) is 0 Å². The van der Waals surface area contributed by atoms with Gasteiger partial charge in [-0.05, 0) is 23.7 Å². The van der Waals surface area contributed by atoms with Crippen LogP contribution in [0, 0.1) is 21.7 Å². The Morgan fingerprint density at radius 1 is 1.32 bits per heavy atom. The fraction of sp³-hybridized carbons (Fsp3) is 0. The Morgan fingerprint density at radius 2 is 2.05 bits per heavy atom. The lowest BCUT2D eigenvalue weighted by Crippen LogP contribution is -1.98. The van der Waals surface area contributed by atoms with Crippen LogP contribution in [0.1, 0.15) is 0 Å². The summed E-state index contributed by atoms with van der Waals surface area (Å²) in [7, 11) is 0. The summed E-state index contributed by atoms with van der Waals surface area (Å²) in [4.78, 5) is 16.9. The van der Waals surface area contributed by atoms with E-state index >= 15 is 0 Å². The number of ether oxygens (including phenoxy) is 1. The third kappa shape index (κ3) is 2.91. The van der Waals surface area contributed by atoms with Gasteiger partial charge in [-0.25, -0.2) is 13.8 Å². The monoisotopic (exact) mass is 287 g/mol. The summed E-state index contributed by atoms with van der Waals surface area (Å²) in [5.74, 6) is -2.84. The van der Waals surface area contributed by atoms with Crippen LogP contribution in [0.3, 0.4) is 0 Å². The molecule has 0 bridgehead atoms. The highest BCUT2D eigenvalue weighted by molar-refractivity contribution is 6.28. The van der Waals surface area contributed by atoms with Crippen LogP contribution in [-0.4, -0.2) is 14.9 Å². The van der Waals surface area contributed by atoms with E-state index < -0.39 is 28.1 Å². The molecule has 9 heteroatoms. The largest absolute Gasteiger partial charge is 0.433 e. The molecule has 0 N–H and O–H groups in total. The second-order valence-corrected chi connectivity index (χ2v) is 3.60. The van der Waals surface area contributed by atoms with Crippen molar-refractivity contribution in [2.24, 2.45) is 0 Å². The van der Waals surface area contributed by atoms with Crippen molar-refractivity contribution in [1.29, 1.82) is 0 Å². The molecular formula is C10H4ClF2N3O3. The van der Waals surface area contributed by atoms with Gasteiger partial charge in [0.1, 0.15) is 11.9 Å². The lowest BCUT2D eigenvalue weighted by molar-refractivity contribution is -0.386. The van der Waals surface area contributed by atoms with E-state index in [1.165, 1.54) is 0 Å². The van der Waals surface area contributed by atoms with Gasteiger partial charge in [-0.15, -0.1) is 0 Å². The number of nitro groups is 1. The molecule has 0 aliphatic rings. The Balaban J connectivity index is 2.39. The molecule has 0 spiro atoms. The van der Waals surface area contributed by atoms with Gasteiger partial charge in [-0.2, -0.15) is 4.98 Å². The number of aromatic nitrogens is 2. The van der Waals surface area contributed by atoms with Crippen molar-refractivity contribution in [2.45, 2.75) is 0 Å². The summed E-state index contributed by atoms with van der Waals surface area (Å²) in [6.45, 7) is 0. The van der Waals surface area contributed by atoms with Crippen LogP contribution in [0.2, 0.25) is 5.28 Å². The third-order valence-electron chi connectivity index (χ3n) is 2.01. The Hall–Kier alpha value is -2.35. The predicted octanol–water partition coefficient (Wildman–Crippen LogP) is 3.11. The van der Waals surface area contributed by atoms with Gasteiger partial charge in [0.25, 0.3) is 0 Å². The first-order valence-corrected chi connectivity index (χ1v) is 5.15. The molecule has 0 radical (unpaired) electrons. The van der Waals surface area contributed by atoms with E-state index in [9.17, 15) is 18.9 Å². The molecular weight excluding hydrogens is 284 g/mol. The number of nitrogens with zero attached hydrogens (tertiary/aromatic N) is 3. The number of hydrogen-bond donors (Lipinski definition) is 0. The van der Waals surface area contributed by atoms with E-state index in [0.717, 1.165) is 24.4 Å². The second-order valence-electron chi connectivity index (χ2n) is 3.26. The molecule has 6 nitrogen and oxygen atoms in total. The number of rotatable bonds is 3. The van der Waals surface area contributed by atoms with Crippen LogP contribution in [0.15, 0.2) is 24.4 Å². The standard InChI is InChI=1S/C10H4ClF2N3O3/c11-10-14-4-8(16(17)18)9(15-10)19-5-1-2-6(12)7(13)3-5/h1-4H. The van der Waals surface area contributed by atoms with Gasteiger partial charge < -0.3 is 4.74 Å². The fourth-order valence-electron chi connectivity index (χ4n) is 1.19. The zero-order valence-electron chi connectivity index (χ0n) is 9.01. The summed E-state index contributed by atoms with van der Waals surface area (Å²) >= 11 is 5.49. The van der Waals surface area contributed by atoms with Gasteiger partial charge in [-0.3, -0.25) is 10.1 Å². The Bertz CT molecular complexity index is 654. The molecule has 1 aromatic heterocycles. The average molecular weight is 288 g/mol. The highest BCUT2D eigenvalue weighted by Crippen LogP contribution is 2.29. The van der Waals surface area contributed by atoms with Crippen molar-refractivity contribution in [3.05, 3.63) is 51.4 Å². The topological polar surface area (TPSA) is 78.2 Å². The average Bonchev–Trinajstić information content (AvgIpc) is 2.33. The lowest BCUT2D eigenvalue weighted by Gasteiger charge is -2.05. The van der Waals surface area contributed by atoms with Gasteiger partial charge in [0, 0.05) is 6.07 Å². The van der Waals surface area contributed by atoms with Crippen molar-refractivity contribution in [3.63, 3.8) is 0 Å². The molecule has 0 fully saturated rings. The zero-order valence-corrected chi connectivity index (χ0v) is 9.77. The Kier molecular flexibility index (Phi) is 3.52. The first kappa shape index (κ1) is 13.1. The number of hydrogen-bond acceptors (Lipinski definition) is 5. The zero-order chi connectivity index (χ0) is 14.0. The molecule has 0 aliphatic heterocycles. The van der Waals surface area contributed by atoms with Gasteiger partial charge >= 0.3 is 11.6 Å². The van der Waals surface area contributed by atoms with E-state index in [-0.39, 0.29) is 11.0 Å². The van der Waals surface area contributed by atoms with Crippen LogP contribution < -0.4 is 4.74 Å². The molecule has 0 amide bonds. The molecule has 2 rings (SSSR count). The molecule has 1 heterocycles. The Morgan fingerprint density at radius 3 is 2.68 bits per heavy atom. The minimum absolute atomic E-state index is 0.156. The van der Waals surface area contributed by atoms with E-state index in [2.05, 4.69) is 9.97 Å². The summed E-state index contributed by atoms with van der Waals surface area (Å²) in [5.41, 5.74) is -0.547. The first-order valence-electron chi connectivity index (χ1n) is 4.77. The lowest BCUT2D eigenvalue weighted by atomic mass is 10.3. The molecule has 19 heavy (non-hydrogen) atoms. The molecule has 98 valence electrons. The predicted molar refractivity (Wildman–Crippen MR) is 60.1 cm³/mol. The van der Waals surface area contributed by atoms with Crippen LogP contribution in [0.5, 0.6) is 11.6 Å². The Labute approximate surface area is 109 Å². The smallest absolute Gasteiger partial charge is 0.349 e. The highest BCUT2D eigenvalue weighted by atomic mass is 35.5. The molecule has 0 atom stereocenters. The van der Waals surface area contributed by atoms with E-state index in [0.29, 0.717) is 0 Å². The third-order valence-corrected chi connectivity index (χ3v) is 2.19. The first-order chi connectivity index (χ1) is 8.97. The van der Waals surface area contributed by atoms with Crippen molar-refractivity contribution >= 4 is 17.3 Å². The SMILES string of the molecule is O=[N+]([O-])c1cnc(Cl)nc1Oc1ccc(F)c(F)c1. The van der Waals surface area contributed by atoms with E-state index in [1.807, 2.05) is 0 Å². The maximum atomic E-state index is 13.0. The van der Waals surface area contributed by atoms with Gasteiger partial charge in [0.15, 0.2) is 11.6 Å². The summed E-state index contributed by atoms with van der Waals surface area (Å²) < 4.78 is 30.7. The van der Waals surface area contributed by atoms with E-state index in [4.69, 9.17) is 16.3 Å². The molecule has 2 aromatic rings. The highest BCUT2D eigenvalue weighted by Gasteiger charge is 2.19. The molecule has 0 saturated carbocycles. The summed E-state index contributed by atoms with van der Waals surface area (Å²) in [6.07, 6.45) is 0.852. The summed E-state index contributed by atoms with van der Waals surface area (Å²) in [5, 5.41) is 10.4. The van der Waals surface area contributed by atoms with Crippen LogP contribution in [0.4, 0.5) is 14.5 Å². The number of halogens is 3. The van der Waals surface area contributed by atoms with Gasteiger partial charge in [-0.1, -0.05) is 0 Å². The minimum atomic E-state index is -1.15. The van der Waals surface area contributed by atoms with Crippen molar-refractivity contribution in [2.75, 3.05) is 0 Å². The summed E-state index contributed by atoms with van der Waals surface area (Å²) in [6, 6.07) is 2.65. The van der Waals surface area contributed by atoms with Gasteiger partial charge in [0.2, 0.25) is 5.28 Å². The fourth-order valence-corrected chi connectivity index (χ4v) is 1.32.